The summed E-state index contributed by atoms with van der Waals surface area (Å²) in [7, 11) is 1.24. The number of hydrogen-bond acceptors (Lipinski definition) is 7. The van der Waals surface area contributed by atoms with E-state index in [1.807, 2.05) is 0 Å². The summed E-state index contributed by atoms with van der Waals surface area (Å²) in [6.07, 6.45) is -9.80. The molecule has 0 aliphatic rings. The molecule has 0 N–H and O–H groups in total. The highest BCUT2D eigenvalue weighted by Crippen LogP contribution is 2.37. The second kappa shape index (κ2) is 11.1. The first-order valence-corrected chi connectivity index (χ1v) is 10.7. The Morgan fingerprint density at radius 3 is 2.26 bits per heavy atom. The van der Waals surface area contributed by atoms with E-state index in [0.717, 1.165) is 12.1 Å². The zero-order chi connectivity index (χ0) is 28.3. The van der Waals surface area contributed by atoms with E-state index >= 15 is 0 Å². The fraction of sp³-hybridized carbons (Fsp3) is 0.280. The third-order valence-corrected chi connectivity index (χ3v) is 5.09. The lowest BCUT2D eigenvalue weighted by Gasteiger charge is -2.20. The Morgan fingerprint density at radius 2 is 1.66 bits per heavy atom. The van der Waals surface area contributed by atoms with E-state index in [-0.39, 0.29) is 39.2 Å². The van der Waals surface area contributed by atoms with Crippen molar-refractivity contribution in [2.24, 2.45) is 5.92 Å². The number of esters is 1. The molecule has 0 amide bonds. The summed E-state index contributed by atoms with van der Waals surface area (Å²) >= 11 is 0. The molecule has 1 atom stereocenters. The minimum Gasteiger partial charge on any atom is -0.497 e. The number of hydrogen-bond donors (Lipinski definition) is 0. The summed E-state index contributed by atoms with van der Waals surface area (Å²) < 4.78 is 103. The van der Waals surface area contributed by atoms with E-state index in [4.69, 9.17) is 13.9 Å². The number of halogens is 6. The van der Waals surface area contributed by atoms with Gasteiger partial charge in [-0.25, -0.2) is 9.59 Å². The predicted molar refractivity (Wildman–Crippen MR) is 122 cm³/mol. The smallest absolute Gasteiger partial charge is 0.497 e. The van der Waals surface area contributed by atoms with Crippen LogP contribution in [0.5, 0.6) is 17.2 Å². The van der Waals surface area contributed by atoms with E-state index < -0.39 is 49.0 Å². The third kappa shape index (κ3) is 7.20. The molecule has 0 saturated heterocycles. The van der Waals surface area contributed by atoms with Crippen molar-refractivity contribution in [2.75, 3.05) is 20.3 Å². The van der Waals surface area contributed by atoms with Crippen LogP contribution < -0.4 is 19.8 Å². The highest BCUT2D eigenvalue weighted by molar-refractivity contribution is 5.87. The molecule has 38 heavy (non-hydrogen) atoms. The van der Waals surface area contributed by atoms with Crippen LogP contribution in [-0.2, 0) is 9.53 Å². The average Bonchev–Trinajstić information content (AvgIpc) is 2.81. The van der Waals surface area contributed by atoms with Gasteiger partial charge < -0.3 is 23.4 Å². The van der Waals surface area contributed by atoms with Crippen LogP contribution in [-0.4, -0.2) is 38.8 Å². The van der Waals surface area contributed by atoms with Crippen molar-refractivity contribution in [1.29, 1.82) is 0 Å². The van der Waals surface area contributed by atoms with Crippen molar-refractivity contribution in [1.82, 2.24) is 0 Å². The second-order valence-corrected chi connectivity index (χ2v) is 7.99. The third-order valence-electron chi connectivity index (χ3n) is 5.09. The molecule has 0 spiro atoms. The van der Waals surface area contributed by atoms with Gasteiger partial charge in [-0.2, -0.15) is 13.2 Å². The van der Waals surface area contributed by atoms with Crippen molar-refractivity contribution in [3.8, 4) is 28.4 Å². The molecule has 0 aliphatic heterocycles. The van der Waals surface area contributed by atoms with Gasteiger partial charge in [0.1, 0.15) is 42.0 Å². The van der Waals surface area contributed by atoms with Gasteiger partial charge in [0.2, 0.25) is 0 Å². The second-order valence-electron chi connectivity index (χ2n) is 7.99. The first-order valence-electron chi connectivity index (χ1n) is 10.7. The fourth-order valence-electron chi connectivity index (χ4n) is 3.16. The van der Waals surface area contributed by atoms with E-state index in [1.54, 1.807) is 0 Å². The standard InChI is InChI=1S/C25H20F6O7/c1-13(2)22(32)36-12-15(24(26,27)28)11-35-17-5-4-14-8-19(23(33)37-20(14)10-17)18-7-6-16(34-3)9-21(18)38-25(29,30)31/h4-10,15H,1,11-12H2,2-3H3. The summed E-state index contributed by atoms with van der Waals surface area (Å²) in [5.41, 5.74) is -1.68. The van der Waals surface area contributed by atoms with Gasteiger partial charge in [0, 0.05) is 28.7 Å². The van der Waals surface area contributed by atoms with Crippen molar-refractivity contribution < 1.29 is 54.5 Å². The van der Waals surface area contributed by atoms with Gasteiger partial charge in [0.15, 0.2) is 0 Å². The number of alkyl halides is 6. The molecule has 1 unspecified atom stereocenters. The van der Waals surface area contributed by atoms with Gasteiger partial charge in [-0.3, -0.25) is 0 Å². The number of ether oxygens (including phenoxy) is 4. The Morgan fingerprint density at radius 1 is 0.974 bits per heavy atom. The number of methoxy groups -OCH3 is 1. The molecule has 3 rings (SSSR count). The van der Waals surface area contributed by atoms with Gasteiger partial charge in [-0.05, 0) is 37.3 Å². The van der Waals surface area contributed by atoms with E-state index in [0.29, 0.717) is 0 Å². The van der Waals surface area contributed by atoms with Crippen LogP contribution in [0.3, 0.4) is 0 Å². The Hall–Kier alpha value is -4.16. The molecule has 0 saturated carbocycles. The zero-order valence-electron chi connectivity index (χ0n) is 19.9. The molecule has 3 aromatic rings. The van der Waals surface area contributed by atoms with E-state index in [9.17, 15) is 35.9 Å². The van der Waals surface area contributed by atoms with Crippen LogP contribution in [0.2, 0.25) is 0 Å². The number of benzene rings is 2. The summed E-state index contributed by atoms with van der Waals surface area (Å²) in [4.78, 5) is 24.1. The average molecular weight is 546 g/mol. The SMILES string of the molecule is C=C(C)C(=O)OCC(COc1ccc2cc(-c3ccc(OC)cc3OC(F)(F)F)c(=O)oc2c1)C(F)(F)F. The maximum Gasteiger partial charge on any atom is 0.573 e. The normalized spacial score (nSPS) is 12.6. The molecule has 7 nitrogen and oxygen atoms in total. The van der Waals surface area contributed by atoms with Crippen molar-refractivity contribution >= 4 is 16.9 Å². The molecule has 1 heterocycles. The Bertz CT molecular complexity index is 1390. The lowest BCUT2D eigenvalue weighted by atomic mass is 10.0. The Kier molecular flexibility index (Phi) is 8.28. The van der Waals surface area contributed by atoms with Gasteiger partial charge >= 0.3 is 24.1 Å². The van der Waals surface area contributed by atoms with Crippen molar-refractivity contribution in [2.45, 2.75) is 19.5 Å². The van der Waals surface area contributed by atoms with Crippen LogP contribution in [0.25, 0.3) is 22.1 Å². The predicted octanol–water partition coefficient (Wildman–Crippen LogP) is 6.04. The lowest BCUT2D eigenvalue weighted by molar-refractivity contribution is -0.274. The monoisotopic (exact) mass is 546 g/mol. The molecular formula is C25H20F6O7. The summed E-state index contributed by atoms with van der Waals surface area (Å²) in [5, 5.41) is 0.239. The molecule has 0 fully saturated rings. The van der Waals surface area contributed by atoms with Gasteiger partial charge in [-0.1, -0.05) is 6.58 Å². The van der Waals surface area contributed by atoms with Crippen LogP contribution in [0, 0.1) is 5.92 Å². The fourth-order valence-corrected chi connectivity index (χ4v) is 3.16. The van der Waals surface area contributed by atoms with Crippen molar-refractivity contribution in [3.05, 3.63) is 65.0 Å². The summed E-state index contributed by atoms with van der Waals surface area (Å²) in [6, 6.07) is 8.47. The first-order chi connectivity index (χ1) is 17.7. The lowest BCUT2D eigenvalue weighted by Crippen LogP contribution is -2.33. The summed E-state index contributed by atoms with van der Waals surface area (Å²) in [6.45, 7) is 2.67. The Labute approximate surface area is 211 Å². The molecule has 0 bridgehead atoms. The van der Waals surface area contributed by atoms with Crippen molar-refractivity contribution in [3.63, 3.8) is 0 Å². The van der Waals surface area contributed by atoms with Crippen LogP contribution in [0.15, 0.2) is 63.8 Å². The molecule has 2 aromatic carbocycles. The maximum absolute atomic E-state index is 13.3. The zero-order valence-corrected chi connectivity index (χ0v) is 19.9. The minimum absolute atomic E-state index is 0.0477. The number of carbonyl (C=O) groups excluding carboxylic acids is 1. The Balaban J connectivity index is 1.88. The number of rotatable bonds is 9. The van der Waals surface area contributed by atoms with Crippen LogP contribution >= 0.6 is 0 Å². The molecular weight excluding hydrogens is 526 g/mol. The van der Waals surface area contributed by atoms with Gasteiger partial charge in [0.05, 0.1) is 12.7 Å². The van der Waals surface area contributed by atoms with Gasteiger partial charge in [0.25, 0.3) is 0 Å². The quantitative estimate of drug-likeness (QED) is 0.140. The summed E-state index contributed by atoms with van der Waals surface area (Å²) in [5.74, 6) is -3.89. The highest BCUT2D eigenvalue weighted by Gasteiger charge is 2.41. The molecule has 0 radical (unpaired) electrons. The molecule has 1 aromatic heterocycles. The highest BCUT2D eigenvalue weighted by atomic mass is 19.4. The largest absolute Gasteiger partial charge is 0.573 e. The van der Waals surface area contributed by atoms with E-state index in [1.165, 1.54) is 44.4 Å². The maximum atomic E-state index is 13.3. The number of fused-ring (bicyclic) bond motifs is 1. The van der Waals surface area contributed by atoms with Crippen LogP contribution in [0.4, 0.5) is 26.3 Å². The molecule has 0 aliphatic carbocycles. The molecule has 204 valence electrons. The first kappa shape index (κ1) is 28.4. The molecule has 13 heteroatoms. The minimum atomic E-state index is -5.05. The van der Waals surface area contributed by atoms with Gasteiger partial charge in [-0.15, -0.1) is 13.2 Å². The number of carbonyl (C=O) groups is 1. The topological polar surface area (TPSA) is 84.2 Å². The van der Waals surface area contributed by atoms with Crippen LogP contribution in [0.1, 0.15) is 6.92 Å². The van der Waals surface area contributed by atoms with E-state index in [2.05, 4.69) is 16.1 Å².